The Morgan fingerprint density at radius 1 is 0.853 bits per heavy atom. The number of rotatable bonds is 2. The van der Waals surface area contributed by atoms with E-state index in [0.29, 0.717) is 11.1 Å². The summed E-state index contributed by atoms with van der Waals surface area (Å²) in [6.07, 6.45) is 0. The van der Waals surface area contributed by atoms with Crippen molar-refractivity contribution in [3.8, 4) is 5.75 Å². The van der Waals surface area contributed by atoms with Gasteiger partial charge in [-0.05, 0) is 30.3 Å². The van der Waals surface area contributed by atoms with Gasteiger partial charge in [-0.3, -0.25) is 4.79 Å². The topological polar surface area (TPSA) is 129 Å². The summed E-state index contributed by atoms with van der Waals surface area (Å²) < 4.78 is 39.3. The van der Waals surface area contributed by atoms with Crippen LogP contribution >= 0.6 is 0 Å². The van der Waals surface area contributed by atoms with Crippen LogP contribution in [-0.4, -0.2) is 14.3 Å². The van der Waals surface area contributed by atoms with E-state index in [1.807, 2.05) is 0 Å². The molecule has 6 rings (SSSR count). The van der Waals surface area contributed by atoms with Crippen LogP contribution in [-0.2, 0) is 20.0 Å². The fourth-order valence-electron chi connectivity index (χ4n) is 4.79. The smallest absolute Gasteiger partial charge is 0.345 e. The average molecular weight is 472 g/mol. The number of sulfone groups is 1. The Hall–Kier alpha value is -4.37. The Labute approximate surface area is 193 Å². The Balaban J connectivity index is 1.82. The fourth-order valence-corrected chi connectivity index (χ4v) is 6.55. The maximum absolute atomic E-state index is 14.0. The number of hydrogen-bond donors (Lipinski definition) is 2. The van der Waals surface area contributed by atoms with Crippen molar-refractivity contribution in [2.24, 2.45) is 5.73 Å². The highest BCUT2D eigenvalue weighted by Gasteiger charge is 2.62. The van der Waals surface area contributed by atoms with Gasteiger partial charge in [0.2, 0.25) is 21.6 Å². The zero-order valence-corrected chi connectivity index (χ0v) is 18.3. The highest BCUT2D eigenvalue weighted by atomic mass is 32.2. The Bertz CT molecular complexity index is 1720. The number of anilines is 1. The van der Waals surface area contributed by atoms with Crippen molar-refractivity contribution in [1.29, 1.82) is 0 Å². The molecular formula is C25H16N2O6S. The van der Waals surface area contributed by atoms with Crippen LogP contribution in [0.5, 0.6) is 5.75 Å². The number of nitrogens with two attached hydrogens (primary N) is 1. The lowest BCUT2D eigenvalue weighted by Crippen LogP contribution is -2.48. The van der Waals surface area contributed by atoms with Gasteiger partial charge in [-0.15, -0.1) is 0 Å². The number of para-hydroxylation sites is 2. The summed E-state index contributed by atoms with van der Waals surface area (Å²) >= 11 is 0. The van der Waals surface area contributed by atoms with Crippen molar-refractivity contribution in [2.75, 3.05) is 5.32 Å². The Morgan fingerprint density at radius 3 is 2.32 bits per heavy atom. The highest BCUT2D eigenvalue weighted by Crippen LogP contribution is 2.55. The van der Waals surface area contributed by atoms with E-state index in [1.54, 1.807) is 66.7 Å². The Kier molecular flexibility index (Phi) is 4.06. The lowest BCUT2D eigenvalue weighted by molar-refractivity contribution is -0.118. The summed E-state index contributed by atoms with van der Waals surface area (Å²) in [5, 5.41) is 3.10. The Morgan fingerprint density at radius 2 is 1.53 bits per heavy atom. The SMILES string of the molecule is NC1=C(S(=O)(=O)c2ccccc2)C2(C(=O)Nc3ccccc32)c2c(c3ccccc3oc2=O)O1. The second-order valence-electron chi connectivity index (χ2n) is 7.95. The van der Waals surface area contributed by atoms with Crippen LogP contribution in [0, 0.1) is 0 Å². The lowest BCUT2D eigenvalue weighted by atomic mass is 9.74. The maximum atomic E-state index is 14.0. The van der Waals surface area contributed by atoms with Gasteiger partial charge in [0.05, 0.1) is 10.3 Å². The number of benzene rings is 3. The van der Waals surface area contributed by atoms with Gasteiger partial charge in [0.25, 0.3) is 0 Å². The molecule has 34 heavy (non-hydrogen) atoms. The molecule has 1 unspecified atom stereocenters. The van der Waals surface area contributed by atoms with Gasteiger partial charge in [-0.1, -0.05) is 48.5 Å². The molecule has 2 aliphatic rings. The molecule has 0 fully saturated rings. The molecule has 3 heterocycles. The average Bonchev–Trinajstić information content (AvgIpc) is 3.11. The second-order valence-corrected chi connectivity index (χ2v) is 9.84. The molecule has 0 saturated carbocycles. The lowest BCUT2D eigenvalue weighted by Gasteiger charge is -2.35. The normalized spacial score (nSPS) is 19.0. The molecule has 1 aromatic heterocycles. The van der Waals surface area contributed by atoms with Crippen molar-refractivity contribution in [3.05, 3.63) is 111 Å². The third-order valence-electron chi connectivity index (χ3n) is 6.16. The number of carbonyl (C=O) groups excluding carboxylic acids is 1. The predicted octanol–water partition coefficient (Wildman–Crippen LogP) is 3.03. The molecule has 0 saturated heterocycles. The molecule has 0 bridgehead atoms. The van der Waals surface area contributed by atoms with Crippen molar-refractivity contribution in [2.45, 2.75) is 10.3 Å². The molecule has 1 amide bonds. The first-order valence-corrected chi connectivity index (χ1v) is 11.8. The number of amides is 1. The molecule has 1 spiro atoms. The fraction of sp³-hybridized carbons (Fsp3) is 0.0400. The highest BCUT2D eigenvalue weighted by molar-refractivity contribution is 7.95. The summed E-state index contributed by atoms with van der Waals surface area (Å²) in [6, 6.07) is 20.7. The van der Waals surface area contributed by atoms with Gasteiger partial charge in [0.1, 0.15) is 16.1 Å². The molecule has 1 atom stereocenters. The van der Waals surface area contributed by atoms with E-state index in [1.165, 1.54) is 12.1 Å². The summed E-state index contributed by atoms with van der Waals surface area (Å²) in [5.41, 5.74) is 3.91. The van der Waals surface area contributed by atoms with E-state index in [0.717, 1.165) is 0 Å². The van der Waals surface area contributed by atoms with Gasteiger partial charge in [0, 0.05) is 11.3 Å². The number of fused-ring (bicyclic) bond motifs is 6. The third-order valence-corrected chi connectivity index (χ3v) is 8.10. The minimum Gasteiger partial charge on any atom is -0.439 e. The molecule has 3 aromatic carbocycles. The zero-order valence-electron chi connectivity index (χ0n) is 17.4. The first kappa shape index (κ1) is 20.3. The molecule has 0 aliphatic carbocycles. The van der Waals surface area contributed by atoms with Crippen molar-refractivity contribution >= 4 is 32.4 Å². The third kappa shape index (κ3) is 2.44. The minimum absolute atomic E-state index is 0.0109. The summed E-state index contributed by atoms with van der Waals surface area (Å²) in [6.45, 7) is 0. The minimum atomic E-state index is -4.40. The summed E-state index contributed by atoms with van der Waals surface area (Å²) in [7, 11) is -4.40. The van der Waals surface area contributed by atoms with Crippen molar-refractivity contribution < 1.29 is 22.4 Å². The van der Waals surface area contributed by atoms with E-state index in [9.17, 15) is 18.0 Å². The number of nitrogens with one attached hydrogen (secondary N) is 1. The summed E-state index contributed by atoms with van der Waals surface area (Å²) in [4.78, 5) is 26.6. The molecule has 0 radical (unpaired) electrons. The standard InChI is InChI=1S/C25H16N2O6S/c26-22-21(34(30,31)14-8-2-1-3-9-14)25(16-11-5-6-12-17(16)27-24(25)29)19-20(33-22)15-10-4-7-13-18(15)32-23(19)28/h1-13H,26H2,(H,27,29). The molecule has 3 N–H and O–H groups in total. The maximum Gasteiger partial charge on any atom is 0.345 e. The second kappa shape index (κ2) is 6.82. The molecule has 2 aliphatic heterocycles. The van der Waals surface area contributed by atoms with Crippen LogP contribution in [0.15, 0.2) is 104 Å². The summed E-state index contributed by atoms with van der Waals surface area (Å²) in [5.74, 6) is -1.24. The molecular weight excluding hydrogens is 456 g/mol. The van der Waals surface area contributed by atoms with E-state index >= 15 is 0 Å². The van der Waals surface area contributed by atoms with Gasteiger partial charge >= 0.3 is 5.63 Å². The van der Waals surface area contributed by atoms with Gasteiger partial charge in [-0.2, -0.15) is 0 Å². The predicted molar refractivity (Wildman–Crippen MR) is 124 cm³/mol. The number of hydrogen-bond acceptors (Lipinski definition) is 7. The van der Waals surface area contributed by atoms with Crippen LogP contribution in [0.3, 0.4) is 0 Å². The van der Waals surface area contributed by atoms with E-state index in [4.69, 9.17) is 14.9 Å². The number of carbonyl (C=O) groups is 1. The largest absolute Gasteiger partial charge is 0.439 e. The van der Waals surface area contributed by atoms with Crippen LogP contribution in [0.2, 0.25) is 0 Å². The molecule has 9 heteroatoms. The quantitative estimate of drug-likeness (QED) is 0.429. The van der Waals surface area contributed by atoms with E-state index in [-0.39, 0.29) is 27.4 Å². The first-order valence-electron chi connectivity index (χ1n) is 10.3. The first-order chi connectivity index (χ1) is 16.4. The molecule has 4 aromatic rings. The van der Waals surface area contributed by atoms with Crippen LogP contribution < -0.4 is 21.4 Å². The van der Waals surface area contributed by atoms with Gasteiger partial charge in [0.15, 0.2) is 11.2 Å². The van der Waals surface area contributed by atoms with Crippen LogP contribution in [0.1, 0.15) is 11.1 Å². The van der Waals surface area contributed by atoms with Gasteiger partial charge in [-0.25, -0.2) is 13.2 Å². The monoisotopic (exact) mass is 472 g/mol. The number of ether oxygens (including phenoxy) is 1. The van der Waals surface area contributed by atoms with Crippen LogP contribution in [0.4, 0.5) is 5.69 Å². The molecule has 168 valence electrons. The van der Waals surface area contributed by atoms with Crippen molar-refractivity contribution in [3.63, 3.8) is 0 Å². The van der Waals surface area contributed by atoms with E-state index in [2.05, 4.69) is 5.32 Å². The van der Waals surface area contributed by atoms with E-state index < -0.39 is 37.6 Å². The molecule has 8 nitrogen and oxygen atoms in total. The zero-order chi connectivity index (χ0) is 23.7. The van der Waals surface area contributed by atoms with Gasteiger partial charge < -0.3 is 20.2 Å². The van der Waals surface area contributed by atoms with Crippen LogP contribution in [0.25, 0.3) is 11.0 Å². The van der Waals surface area contributed by atoms with Crippen molar-refractivity contribution in [1.82, 2.24) is 0 Å².